The minimum atomic E-state index is -0.984. The quantitative estimate of drug-likeness (QED) is 0.779. The molecule has 1 aromatic rings. The monoisotopic (exact) mass is 288 g/mol. The molecule has 2 amide bonds. The van der Waals surface area contributed by atoms with E-state index in [0.717, 1.165) is 12.5 Å². The number of anilines is 1. The van der Waals surface area contributed by atoms with E-state index in [0.29, 0.717) is 16.7 Å². The number of amides is 2. The number of benzene rings is 1. The van der Waals surface area contributed by atoms with Crippen LogP contribution in [0.2, 0.25) is 0 Å². The van der Waals surface area contributed by atoms with E-state index < -0.39 is 5.97 Å². The average Bonchev–Trinajstić information content (AvgIpc) is 3.31. The van der Waals surface area contributed by atoms with Gasteiger partial charge in [-0.1, -0.05) is 6.07 Å². The summed E-state index contributed by atoms with van der Waals surface area (Å²) >= 11 is 0. The van der Waals surface area contributed by atoms with Gasteiger partial charge in [-0.3, -0.25) is 0 Å². The lowest BCUT2D eigenvalue weighted by molar-refractivity contribution is 0.0696. The molecule has 2 aliphatic rings. The van der Waals surface area contributed by atoms with Crippen molar-refractivity contribution in [2.24, 2.45) is 11.3 Å². The summed E-state index contributed by atoms with van der Waals surface area (Å²) in [5.41, 5.74) is 1.76. The molecule has 0 heterocycles. The highest BCUT2D eigenvalue weighted by Gasteiger charge is 2.53. The second kappa shape index (κ2) is 5.06. The number of carbonyl (C=O) groups excluding carboxylic acids is 1. The first-order valence-electron chi connectivity index (χ1n) is 7.39. The summed E-state index contributed by atoms with van der Waals surface area (Å²) in [7, 11) is 0. The number of urea groups is 1. The van der Waals surface area contributed by atoms with Crippen LogP contribution in [-0.4, -0.2) is 23.7 Å². The van der Waals surface area contributed by atoms with E-state index in [9.17, 15) is 9.59 Å². The number of carbonyl (C=O) groups is 2. The Balaban J connectivity index is 1.57. The molecule has 3 N–H and O–H groups in total. The number of nitrogens with one attached hydrogen (secondary N) is 2. The van der Waals surface area contributed by atoms with Crippen LogP contribution in [0.4, 0.5) is 10.5 Å². The smallest absolute Gasteiger partial charge is 0.336 e. The van der Waals surface area contributed by atoms with Crippen LogP contribution in [0.25, 0.3) is 0 Å². The fraction of sp³-hybridized carbons (Fsp3) is 0.500. The van der Waals surface area contributed by atoms with Crippen molar-refractivity contribution in [2.45, 2.75) is 32.6 Å². The molecule has 0 aliphatic heterocycles. The van der Waals surface area contributed by atoms with Crippen molar-refractivity contribution in [1.82, 2.24) is 5.32 Å². The van der Waals surface area contributed by atoms with Crippen LogP contribution in [0.3, 0.4) is 0 Å². The third-order valence-electron chi connectivity index (χ3n) is 4.66. The van der Waals surface area contributed by atoms with Gasteiger partial charge in [0.1, 0.15) is 0 Å². The number of hydrogen-bond acceptors (Lipinski definition) is 2. The molecule has 0 atom stereocenters. The van der Waals surface area contributed by atoms with Crippen LogP contribution in [-0.2, 0) is 0 Å². The Bertz CT molecular complexity index is 589. The molecule has 0 aromatic heterocycles. The summed E-state index contributed by atoms with van der Waals surface area (Å²) in [5, 5.41) is 14.7. The van der Waals surface area contributed by atoms with Crippen LogP contribution >= 0.6 is 0 Å². The second-order valence-electron chi connectivity index (χ2n) is 6.28. The van der Waals surface area contributed by atoms with Gasteiger partial charge in [0.2, 0.25) is 0 Å². The number of carboxylic acid groups (broad SMARTS) is 1. The summed E-state index contributed by atoms with van der Waals surface area (Å²) in [6.07, 6.45) is 5.02. The van der Waals surface area contributed by atoms with Gasteiger partial charge >= 0.3 is 12.0 Å². The summed E-state index contributed by atoms with van der Waals surface area (Å²) in [5.74, 6) is -0.182. The van der Waals surface area contributed by atoms with Crippen molar-refractivity contribution in [3.63, 3.8) is 0 Å². The van der Waals surface area contributed by atoms with Crippen LogP contribution in [0.1, 0.15) is 41.6 Å². The number of hydrogen-bond donors (Lipinski definition) is 3. The normalized spacial score (nSPS) is 18.9. The van der Waals surface area contributed by atoms with E-state index >= 15 is 0 Å². The van der Waals surface area contributed by atoms with Crippen molar-refractivity contribution in [2.75, 3.05) is 11.9 Å². The number of aromatic carboxylic acids is 1. The van der Waals surface area contributed by atoms with Gasteiger partial charge in [-0.15, -0.1) is 0 Å². The maximum atomic E-state index is 11.9. The fourth-order valence-corrected chi connectivity index (χ4v) is 2.95. The second-order valence-corrected chi connectivity index (χ2v) is 6.28. The predicted octanol–water partition coefficient (Wildman–Crippen LogP) is 3.00. The summed E-state index contributed by atoms with van der Waals surface area (Å²) in [6, 6.07) is 4.65. The first kappa shape index (κ1) is 13.9. The number of aryl methyl sites for hydroxylation is 1. The van der Waals surface area contributed by atoms with E-state index in [-0.39, 0.29) is 11.6 Å². The highest BCUT2D eigenvalue weighted by molar-refractivity contribution is 5.94. The molecule has 0 bridgehead atoms. The largest absolute Gasteiger partial charge is 0.478 e. The van der Waals surface area contributed by atoms with Crippen molar-refractivity contribution in [3.8, 4) is 0 Å². The molecule has 5 nitrogen and oxygen atoms in total. The van der Waals surface area contributed by atoms with Gasteiger partial charge in [0.05, 0.1) is 5.56 Å². The highest BCUT2D eigenvalue weighted by atomic mass is 16.4. The minimum Gasteiger partial charge on any atom is -0.478 e. The Kier molecular flexibility index (Phi) is 3.35. The average molecular weight is 288 g/mol. The SMILES string of the molecule is Cc1ccc(NC(=O)NCC2(C3CC3)CC2)cc1C(=O)O. The maximum absolute atomic E-state index is 11.9. The van der Waals surface area contributed by atoms with E-state index in [1.165, 1.54) is 31.7 Å². The molecular formula is C16H20N2O3. The predicted molar refractivity (Wildman–Crippen MR) is 79.6 cm³/mol. The molecule has 2 saturated carbocycles. The third-order valence-corrected chi connectivity index (χ3v) is 4.66. The van der Waals surface area contributed by atoms with Crippen LogP contribution in [0.15, 0.2) is 18.2 Å². The van der Waals surface area contributed by atoms with E-state index in [4.69, 9.17) is 5.11 Å². The molecule has 2 fully saturated rings. The zero-order valence-electron chi connectivity index (χ0n) is 12.1. The van der Waals surface area contributed by atoms with Gasteiger partial charge in [0.15, 0.2) is 0 Å². The Morgan fingerprint density at radius 3 is 2.62 bits per heavy atom. The maximum Gasteiger partial charge on any atom is 0.336 e. The standard InChI is InChI=1S/C16H20N2O3/c1-10-2-5-12(8-13(10)14(19)20)18-15(21)17-9-16(6-7-16)11-3-4-11/h2,5,8,11H,3-4,6-7,9H2,1H3,(H,19,20)(H2,17,18,21). The van der Waals surface area contributed by atoms with Gasteiger partial charge < -0.3 is 15.7 Å². The molecular weight excluding hydrogens is 268 g/mol. The van der Waals surface area contributed by atoms with E-state index in [2.05, 4.69) is 10.6 Å². The molecule has 0 spiro atoms. The Labute approximate surface area is 123 Å². The zero-order chi connectivity index (χ0) is 15.0. The van der Waals surface area contributed by atoms with Gasteiger partial charge in [-0.2, -0.15) is 0 Å². The molecule has 0 saturated heterocycles. The van der Waals surface area contributed by atoms with Crippen molar-refractivity contribution in [3.05, 3.63) is 29.3 Å². The van der Waals surface area contributed by atoms with E-state index in [1.807, 2.05) is 0 Å². The molecule has 112 valence electrons. The van der Waals surface area contributed by atoms with Crippen molar-refractivity contribution >= 4 is 17.7 Å². The zero-order valence-corrected chi connectivity index (χ0v) is 12.1. The van der Waals surface area contributed by atoms with E-state index in [1.54, 1.807) is 19.1 Å². The lowest BCUT2D eigenvalue weighted by atomic mass is 10.0. The minimum absolute atomic E-state index is 0.212. The fourth-order valence-electron chi connectivity index (χ4n) is 2.95. The summed E-state index contributed by atoms with van der Waals surface area (Å²) < 4.78 is 0. The van der Waals surface area contributed by atoms with Gasteiger partial charge in [0.25, 0.3) is 0 Å². The highest BCUT2D eigenvalue weighted by Crippen LogP contribution is 2.60. The topological polar surface area (TPSA) is 78.4 Å². The Morgan fingerprint density at radius 2 is 2.05 bits per heavy atom. The van der Waals surface area contributed by atoms with Gasteiger partial charge in [-0.05, 0) is 61.6 Å². The summed E-state index contributed by atoms with van der Waals surface area (Å²) in [6.45, 7) is 2.46. The van der Waals surface area contributed by atoms with Crippen LogP contribution < -0.4 is 10.6 Å². The number of rotatable bonds is 5. The molecule has 21 heavy (non-hydrogen) atoms. The van der Waals surface area contributed by atoms with Crippen molar-refractivity contribution < 1.29 is 14.7 Å². The first-order valence-corrected chi connectivity index (χ1v) is 7.39. The Hall–Kier alpha value is -2.04. The molecule has 1 aromatic carbocycles. The van der Waals surface area contributed by atoms with Gasteiger partial charge in [0, 0.05) is 12.2 Å². The summed E-state index contributed by atoms with van der Waals surface area (Å²) in [4.78, 5) is 23.0. The lowest BCUT2D eigenvalue weighted by Gasteiger charge is -2.15. The van der Waals surface area contributed by atoms with Crippen molar-refractivity contribution in [1.29, 1.82) is 0 Å². The Morgan fingerprint density at radius 1 is 1.33 bits per heavy atom. The molecule has 5 heteroatoms. The first-order chi connectivity index (χ1) is 10.00. The lowest BCUT2D eigenvalue weighted by Crippen LogP contribution is -2.34. The van der Waals surface area contributed by atoms with Gasteiger partial charge in [-0.25, -0.2) is 9.59 Å². The molecule has 3 rings (SSSR count). The number of carboxylic acids is 1. The third kappa shape index (κ3) is 3.01. The molecule has 2 aliphatic carbocycles. The molecule has 0 radical (unpaired) electrons. The molecule has 0 unspecified atom stereocenters. The van der Waals surface area contributed by atoms with Crippen LogP contribution in [0.5, 0.6) is 0 Å². The van der Waals surface area contributed by atoms with Crippen LogP contribution in [0, 0.1) is 18.3 Å².